The molecule has 1 saturated heterocycles. The number of benzene rings is 1. The van der Waals surface area contributed by atoms with Crippen molar-refractivity contribution in [1.82, 2.24) is 24.0 Å². The molecule has 0 unspecified atom stereocenters. The summed E-state index contributed by atoms with van der Waals surface area (Å²) in [6.45, 7) is 6.53. The number of aryl methyl sites for hydroxylation is 2. The van der Waals surface area contributed by atoms with Crippen LogP contribution in [0.1, 0.15) is 17.1 Å². The third-order valence-corrected chi connectivity index (χ3v) is 8.74. The summed E-state index contributed by atoms with van der Waals surface area (Å²) in [6, 6.07) is 7.88. The number of thiazole rings is 1. The van der Waals surface area contributed by atoms with E-state index in [1.165, 1.54) is 0 Å². The topological polar surface area (TPSA) is 80.6 Å². The number of methoxy groups -OCH3 is 1. The fourth-order valence-electron chi connectivity index (χ4n) is 3.86. The Morgan fingerprint density at radius 2 is 1.77 bits per heavy atom. The Morgan fingerprint density at radius 1 is 1.10 bits per heavy atom. The highest BCUT2D eigenvalue weighted by Gasteiger charge is 2.33. The lowest BCUT2D eigenvalue weighted by Crippen LogP contribution is -2.48. The van der Waals surface area contributed by atoms with Gasteiger partial charge in [0.1, 0.15) is 15.7 Å². The molecule has 1 aliphatic rings. The van der Waals surface area contributed by atoms with Gasteiger partial charge in [0.05, 0.1) is 24.2 Å². The Bertz CT molecular complexity index is 1160. The van der Waals surface area contributed by atoms with Crippen LogP contribution in [0.2, 0.25) is 0 Å². The molecule has 1 aromatic carbocycles. The van der Waals surface area contributed by atoms with Gasteiger partial charge in [-0.15, -0.1) is 11.3 Å². The summed E-state index contributed by atoms with van der Waals surface area (Å²) in [5.41, 5.74) is 3.30. The second-order valence-corrected chi connectivity index (χ2v) is 10.4. The predicted octanol–water partition coefficient (Wildman–Crippen LogP) is 2.68. The number of rotatable bonds is 6. The molecule has 1 aliphatic heterocycles. The molecule has 0 radical (unpaired) electrons. The Labute approximate surface area is 187 Å². The number of aromatic nitrogens is 3. The zero-order chi connectivity index (χ0) is 22.2. The molecule has 3 aromatic rings. The molecule has 4 rings (SSSR count). The molecule has 0 bridgehead atoms. The zero-order valence-electron chi connectivity index (χ0n) is 18.2. The first-order chi connectivity index (χ1) is 14.8. The molecule has 1 fully saturated rings. The maximum atomic E-state index is 13.1. The maximum Gasteiger partial charge on any atom is 0.246 e. The van der Waals surface area contributed by atoms with Gasteiger partial charge in [-0.3, -0.25) is 9.58 Å². The van der Waals surface area contributed by atoms with Crippen LogP contribution >= 0.6 is 11.3 Å². The SMILES string of the molecule is COc1ccc(-c2nc(CN3CCN(S(=O)(=O)c4c(C)nn(C)c4C)CC3)cs2)cc1. The van der Waals surface area contributed by atoms with Gasteiger partial charge < -0.3 is 4.74 Å². The molecule has 0 saturated carbocycles. The number of hydrogen-bond acceptors (Lipinski definition) is 7. The van der Waals surface area contributed by atoms with Crippen LogP contribution in [-0.2, 0) is 23.6 Å². The Kier molecular flexibility index (Phi) is 6.16. The van der Waals surface area contributed by atoms with Crippen LogP contribution in [0.25, 0.3) is 10.6 Å². The van der Waals surface area contributed by atoms with Crippen molar-refractivity contribution >= 4 is 21.4 Å². The third kappa shape index (κ3) is 4.38. The van der Waals surface area contributed by atoms with Gasteiger partial charge in [0.15, 0.2) is 0 Å². The zero-order valence-corrected chi connectivity index (χ0v) is 19.8. The van der Waals surface area contributed by atoms with Crippen LogP contribution in [0.5, 0.6) is 5.75 Å². The quantitative estimate of drug-likeness (QED) is 0.562. The molecule has 0 aliphatic carbocycles. The second kappa shape index (κ2) is 8.70. The summed E-state index contributed by atoms with van der Waals surface area (Å²) in [7, 11) is -0.112. The summed E-state index contributed by atoms with van der Waals surface area (Å²) < 4.78 is 34.7. The van der Waals surface area contributed by atoms with E-state index in [1.807, 2.05) is 24.3 Å². The lowest BCUT2D eigenvalue weighted by molar-refractivity contribution is 0.180. The average molecular weight is 462 g/mol. The average Bonchev–Trinajstić information content (AvgIpc) is 3.32. The number of sulfonamides is 1. The van der Waals surface area contributed by atoms with Gasteiger partial charge >= 0.3 is 0 Å². The molecule has 31 heavy (non-hydrogen) atoms. The highest BCUT2D eigenvalue weighted by molar-refractivity contribution is 7.89. The molecule has 0 spiro atoms. The summed E-state index contributed by atoms with van der Waals surface area (Å²) in [5.74, 6) is 0.824. The van der Waals surface area contributed by atoms with Crippen LogP contribution in [0.15, 0.2) is 34.5 Å². The Morgan fingerprint density at radius 3 is 2.35 bits per heavy atom. The van der Waals surface area contributed by atoms with E-state index in [0.717, 1.165) is 22.0 Å². The normalized spacial score (nSPS) is 16.0. The second-order valence-electron chi connectivity index (χ2n) is 7.68. The van der Waals surface area contributed by atoms with Crippen LogP contribution in [0.4, 0.5) is 0 Å². The minimum absolute atomic E-state index is 0.340. The molecular weight excluding hydrogens is 434 g/mol. The number of nitrogens with zero attached hydrogens (tertiary/aromatic N) is 5. The van der Waals surface area contributed by atoms with E-state index in [0.29, 0.717) is 49.0 Å². The number of ether oxygens (including phenoxy) is 1. The minimum Gasteiger partial charge on any atom is -0.497 e. The van der Waals surface area contributed by atoms with Crippen molar-refractivity contribution in [3.8, 4) is 16.3 Å². The summed E-state index contributed by atoms with van der Waals surface area (Å²) in [5, 5.41) is 7.31. The van der Waals surface area contributed by atoms with Gasteiger partial charge in [-0.05, 0) is 38.1 Å². The fourth-order valence-corrected chi connectivity index (χ4v) is 6.50. The van der Waals surface area contributed by atoms with Crippen molar-refractivity contribution in [3.05, 3.63) is 46.7 Å². The number of hydrogen-bond donors (Lipinski definition) is 0. The molecule has 8 nitrogen and oxygen atoms in total. The lowest BCUT2D eigenvalue weighted by Gasteiger charge is -2.33. The molecule has 0 N–H and O–H groups in total. The highest BCUT2D eigenvalue weighted by Crippen LogP contribution is 2.27. The smallest absolute Gasteiger partial charge is 0.246 e. The first-order valence-electron chi connectivity index (χ1n) is 10.1. The van der Waals surface area contributed by atoms with E-state index in [1.54, 1.807) is 48.3 Å². The molecular formula is C21H27N5O3S2. The monoisotopic (exact) mass is 461 g/mol. The first kappa shape index (κ1) is 21.9. The molecule has 10 heteroatoms. The van der Waals surface area contributed by atoms with Crippen LogP contribution in [0.3, 0.4) is 0 Å². The third-order valence-electron chi connectivity index (χ3n) is 5.65. The molecule has 0 amide bonds. The summed E-state index contributed by atoms with van der Waals surface area (Å²) in [6.07, 6.45) is 0. The van der Waals surface area contributed by atoms with Gasteiger partial charge in [-0.25, -0.2) is 13.4 Å². The van der Waals surface area contributed by atoms with Gasteiger partial charge in [0.25, 0.3) is 0 Å². The van der Waals surface area contributed by atoms with E-state index in [4.69, 9.17) is 9.72 Å². The lowest BCUT2D eigenvalue weighted by atomic mass is 10.2. The molecule has 0 atom stereocenters. The van der Waals surface area contributed by atoms with Crippen LogP contribution in [0, 0.1) is 13.8 Å². The van der Waals surface area contributed by atoms with Crippen molar-refractivity contribution in [1.29, 1.82) is 0 Å². The Balaban J connectivity index is 1.39. The highest BCUT2D eigenvalue weighted by atomic mass is 32.2. The van der Waals surface area contributed by atoms with E-state index < -0.39 is 10.0 Å². The van der Waals surface area contributed by atoms with E-state index in [-0.39, 0.29) is 0 Å². The van der Waals surface area contributed by atoms with Crippen molar-refractivity contribution in [3.63, 3.8) is 0 Å². The standard InChI is InChI=1S/C21H27N5O3S2/c1-15-20(16(2)24(3)23-15)31(27,28)26-11-9-25(10-12-26)13-18-14-30-21(22-18)17-5-7-19(29-4)8-6-17/h5-8,14H,9-13H2,1-4H3. The van der Waals surface area contributed by atoms with E-state index >= 15 is 0 Å². The van der Waals surface area contributed by atoms with Crippen molar-refractivity contribution in [2.24, 2.45) is 7.05 Å². The maximum absolute atomic E-state index is 13.1. The Hall–Kier alpha value is -2.27. The van der Waals surface area contributed by atoms with E-state index in [2.05, 4.69) is 15.4 Å². The van der Waals surface area contributed by atoms with Crippen LogP contribution < -0.4 is 4.74 Å². The van der Waals surface area contributed by atoms with Crippen molar-refractivity contribution in [2.75, 3.05) is 33.3 Å². The van der Waals surface area contributed by atoms with Gasteiger partial charge in [-0.1, -0.05) is 0 Å². The number of piperazine rings is 1. The van der Waals surface area contributed by atoms with Gasteiger partial charge in [-0.2, -0.15) is 9.40 Å². The predicted molar refractivity (Wildman–Crippen MR) is 121 cm³/mol. The van der Waals surface area contributed by atoms with Gasteiger partial charge in [0.2, 0.25) is 10.0 Å². The largest absolute Gasteiger partial charge is 0.497 e. The summed E-state index contributed by atoms with van der Waals surface area (Å²) in [4.78, 5) is 7.36. The van der Waals surface area contributed by atoms with Crippen LogP contribution in [-0.4, -0.2) is 65.7 Å². The molecule has 166 valence electrons. The molecule has 3 heterocycles. The minimum atomic E-state index is -3.54. The van der Waals surface area contributed by atoms with Crippen molar-refractivity contribution in [2.45, 2.75) is 25.3 Å². The molecule has 2 aromatic heterocycles. The first-order valence-corrected chi connectivity index (χ1v) is 12.4. The fraction of sp³-hybridized carbons (Fsp3) is 0.429. The van der Waals surface area contributed by atoms with Crippen molar-refractivity contribution < 1.29 is 13.2 Å². The van der Waals surface area contributed by atoms with Gasteiger partial charge in [0, 0.05) is 50.7 Å². The summed E-state index contributed by atoms with van der Waals surface area (Å²) >= 11 is 1.62. The van der Waals surface area contributed by atoms with E-state index in [9.17, 15) is 8.42 Å².